The molecule has 5 heteroatoms. The highest BCUT2D eigenvalue weighted by Gasteiger charge is 2.15. The lowest BCUT2D eigenvalue weighted by Crippen LogP contribution is -2.30. The fourth-order valence-electron chi connectivity index (χ4n) is 2.49. The zero-order valence-corrected chi connectivity index (χ0v) is 12.9. The van der Waals surface area contributed by atoms with Crippen molar-refractivity contribution in [1.82, 2.24) is 15.2 Å². The summed E-state index contributed by atoms with van der Waals surface area (Å²) in [6, 6.07) is 8.13. The Bertz CT molecular complexity index is 571. The average Bonchev–Trinajstić information content (AvgIpc) is 2.74. The van der Waals surface area contributed by atoms with Crippen molar-refractivity contribution >= 4 is 11.6 Å². The third kappa shape index (κ3) is 3.39. The molecule has 0 bridgehead atoms. The van der Waals surface area contributed by atoms with Crippen LogP contribution >= 0.6 is 11.6 Å². The number of aromatic nitrogens is 2. The third-order valence-electron chi connectivity index (χ3n) is 3.37. The molecule has 1 unspecified atom stereocenters. The van der Waals surface area contributed by atoms with Gasteiger partial charge in [0.15, 0.2) is 0 Å². The second kappa shape index (κ2) is 6.39. The SMILES string of the molecule is CCn1nc(C)cc1CC(NN)c1cc(C)cc(Cl)c1. The Morgan fingerprint density at radius 1 is 1.30 bits per heavy atom. The van der Waals surface area contributed by atoms with Crippen LogP contribution in [0.2, 0.25) is 5.02 Å². The summed E-state index contributed by atoms with van der Waals surface area (Å²) in [5.74, 6) is 5.73. The van der Waals surface area contributed by atoms with Crippen LogP contribution in [0, 0.1) is 13.8 Å². The molecule has 2 aromatic rings. The predicted molar refractivity (Wildman–Crippen MR) is 82.6 cm³/mol. The number of aryl methyl sites for hydroxylation is 3. The van der Waals surface area contributed by atoms with Crippen molar-refractivity contribution in [1.29, 1.82) is 0 Å². The fraction of sp³-hybridized carbons (Fsp3) is 0.400. The summed E-state index contributed by atoms with van der Waals surface area (Å²) in [5, 5.41) is 5.20. The van der Waals surface area contributed by atoms with Crippen molar-refractivity contribution in [3.8, 4) is 0 Å². The number of rotatable bonds is 5. The van der Waals surface area contributed by atoms with Gasteiger partial charge in [-0.2, -0.15) is 5.10 Å². The minimum atomic E-state index is 0.0220. The molecule has 0 fully saturated rings. The molecule has 1 aromatic carbocycles. The summed E-state index contributed by atoms with van der Waals surface area (Å²) in [6.07, 6.45) is 0.783. The van der Waals surface area contributed by atoms with Crippen molar-refractivity contribution < 1.29 is 0 Å². The maximum atomic E-state index is 6.13. The van der Waals surface area contributed by atoms with Crippen LogP contribution in [0.5, 0.6) is 0 Å². The van der Waals surface area contributed by atoms with E-state index in [1.165, 1.54) is 5.69 Å². The van der Waals surface area contributed by atoms with Crippen molar-refractivity contribution in [3.63, 3.8) is 0 Å². The van der Waals surface area contributed by atoms with Crippen LogP contribution in [0.4, 0.5) is 0 Å². The number of hydrogen-bond donors (Lipinski definition) is 2. The maximum absolute atomic E-state index is 6.13. The highest BCUT2D eigenvalue weighted by molar-refractivity contribution is 6.30. The molecule has 20 heavy (non-hydrogen) atoms. The third-order valence-corrected chi connectivity index (χ3v) is 3.58. The summed E-state index contributed by atoms with van der Waals surface area (Å²) < 4.78 is 2.01. The number of nitrogens with zero attached hydrogens (tertiary/aromatic N) is 2. The van der Waals surface area contributed by atoms with Gasteiger partial charge >= 0.3 is 0 Å². The van der Waals surface area contributed by atoms with E-state index in [1.54, 1.807) is 0 Å². The van der Waals surface area contributed by atoms with E-state index in [2.05, 4.69) is 29.6 Å². The Labute approximate surface area is 124 Å². The maximum Gasteiger partial charge on any atom is 0.0596 e. The first kappa shape index (κ1) is 15.0. The summed E-state index contributed by atoms with van der Waals surface area (Å²) in [5.41, 5.74) is 7.31. The summed E-state index contributed by atoms with van der Waals surface area (Å²) >= 11 is 6.13. The molecular formula is C15H21ClN4. The Morgan fingerprint density at radius 3 is 2.65 bits per heavy atom. The van der Waals surface area contributed by atoms with E-state index in [1.807, 2.05) is 30.7 Å². The molecule has 3 N–H and O–H groups in total. The van der Waals surface area contributed by atoms with Gasteiger partial charge in [0.25, 0.3) is 0 Å². The smallest absolute Gasteiger partial charge is 0.0596 e. The van der Waals surface area contributed by atoms with Crippen LogP contribution in [-0.4, -0.2) is 9.78 Å². The van der Waals surface area contributed by atoms with E-state index in [9.17, 15) is 0 Å². The van der Waals surface area contributed by atoms with Crippen LogP contribution in [0.25, 0.3) is 0 Å². The average molecular weight is 293 g/mol. The Morgan fingerprint density at radius 2 is 2.05 bits per heavy atom. The van der Waals surface area contributed by atoms with E-state index in [4.69, 9.17) is 17.4 Å². The lowest BCUT2D eigenvalue weighted by molar-refractivity contribution is 0.517. The zero-order valence-electron chi connectivity index (χ0n) is 12.2. The van der Waals surface area contributed by atoms with Crippen LogP contribution in [0.3, 0.4) is 0 Å². The van der Waals surface area contributed by atoms with Gasteiger partial charge in [-0.1, -0.05) is 17.7 Å². The van der Waals surface area contributed by atoms with Crippen molar-refractivity contribution in [2.24, 2.45) is 5.84 Å². The van der Waals surface area contributed by atoms with Gasteiger partial charge in [-0.3, -0.25) is 16.0 Å². The molecule has 0 aliphatic heterocycles. The number of nitrogens with one attached hydrogen (secondary N) is 1. The standard InChI is InChI=1S/C15H21ClN4/c1-4-20-14(7-11(3)19-20)9-15(18-17)12-5-10(2)6-13(16)8-12/h5-8,15,18H,4,9,17H2,1-3H3. The molecule has 0 aliphatic rings. The summed E-state index contributed by atoms with van der Waals surface area (Å²) in [4.78, 5) is 0. The minimum absolute atomic E-state index is 0.0220. The largest absolute Gasteiger partial charge is 0.271 e. The van der Waals surface area contributed by atoms with Gasteiger partial charge in [0.05, 0.1) is 11.7 Å². The Balaban J connectivity index is 2.28. The molecule has 0 aliphatic carbocycles. The highest BCUT2D eigenvalue weighted by atomic mass is 35.5. The van der Waals surface area contributed by atoms with E-state index in [0.29, 0.717) is 0 Å². The first-order valence-electron chi connectivity index (χ1n) is 6.80. The molecule has 0 saturated carbocycles. The van der Waals surface area contributed by atoms with Gasteiger partial charge < -0.3 is 0 Å². The molecule has 0 spiro atoms. The van der Waals surface area contributed by atoms with Gasteiger partial charge in [0, 0.05) is 23.7 Å². The minimum Gasteiger partial charge on any atom is -0.271 e. The van der Waals surface area contributed by atoms with Gasteiger partial charge in [-0.15, -0.1) is 0 Å². The van der Waals surface area contributed by atoms with Crippen LogP contribution in [-0.2, 0) is 13.0 Å². The molecule has 2 rings (SSSR count). The number of benzene rings is 1. The molecule has 0 amide bonds. The molecule has 1 heterocycles. The van der Waals surface area contributed by atoms with Crippen LogP contribution < -0.4 is 11.3 Å². The van der Waals surface area contributed by atoms with E-state index in [0.717, 1.165) is 34.8 Å². The van der Waals surface area contributed by atoms with Gasteiger partial charge in [0.2, 0.25) is 0 Å². The first-order chi connectivity index (χ1) is 9.53. The highest BCUT2D eigenvalue weighted by Crippen LogP contribution is 2.23. The Kier molecular flexibility index (Phi) is 4.81. The normalized spacial score (nSPS) is 12.7. The molecule has 1 atom stereocenters. The number of nitrogens with two attached hydrogens (primary N) is 1. The van der Waals surface area contributed by atoms with Crippen molar-refractivity contribution in [2.75, 3.05) is 0 Å². The van der Waals surface area contributed by atoms with Gasteiger partial charge in [0.1, 0.15) is 0 Å². The summed E-state index contributed by atoms with van der Waals surface area (Å²) in [6.45, 7) is 6.98. The quantitative estimate of drug-likeness (QED) is 0.658. The molecule has 0 radical (unpaired) electrons. The van der Waals surface area contributed by atoms with Gasteiger partial charge in [-0.05, 0) is 50.1 Å². The number of hydrogen-bond acceptors (Lipinski definition) is 3. The summed E-state index contributed by atoms with van der Waals surface area (Å²) in [7, 11) is 0. The monoisotopic (exact) mass is 292 g/mol. The molecule has 4 nitrogen and oxygen atoms in total. The lowest BCUT2D eigenvalue weighted by atomic mass is 10.0. The second-order valence-corrected chi connectivity index (χ2v) is 5.51. The fourth-order valence-corrected chi connectivity index (χ4v) is 2.78. The lowest BCUT2D eigenvalue weighted by Gasteiger charge is -2.18. The van der Waals surface area contributed by atoms with E-state index >= 15 is 0 Å². The topological polar surface area (TPSA) is 55.9 Å². The van der Waals surface area contributed by atoms with Crippen LogP contribution in [0.1, 0.15) is 35.5 Å². The first-order valence-corrected chi connectivity index (χ1v) is 7.17. The molecule has 1 aromatic heterocycles. The van der Waals surface area contributed by atoms with E-state index < -0.39 is 0 Å². The van der Waals surface area contributed by atoms with Crippen molar-refractivity contribution in [3.05, 3.63) is 51.8 Å². The molecular weight excluding hydrogens is 272 g/mol. The van der Waals surface area contributed by atoms with Crippen molar-refractivity contribution in [2.45, 2.75) is 39.8 Å². The Hall–Kier alpha value is -1.36. The molecule has 0 saturated heterocycles. The van der Waals surface area contributed by atoms with E-state index in [-0.39, 0.29) is 6.04 Å². The zero-order chi connectivity index (χ0) is 14.7. The van der Waals surface area contributed by atoms with Gasteiger partial charge in [-0.25, -0.2) is 0 Å². The second-order valence-electron chi connectivity index (χ2n) is 5.08. The predicted octanol–water partition coefficient (Wildman–Crippen LogP) is 2.92. The van der Waals surface area contributed by atoms with Crippen LogP contribution in [0.15, 0.2) is 24.3 Å². The molecule has 108 valence electrons. The number of halogens is 1. The number of hydrazine groups is 1.